The van der Waals surface area contributed by atoms with E-state index in [2.05, 4.69) is 10.6 Å². The lowest BCUT2D eigenvalue weighted by Gasteiger charge is -2.08. The van der Waals surface area contributed by atoms with Gasteiger partial charge in [-0.1, -0.05) is 0 Å². The number of hydrogen-bond acceptors (Lipinski definition) is 5. The highest BCUT2D eigenvalue weighted by atomic mass is 32.1. The van der Waals surface area contributed by atoms with Gasteiger partial charge in [-0.2, -0.15) is 0 Å². The second-order valence-corrected chi connectivity index (χ2v) is 7.53. The lowest BCUT2D eigenvalue weighted by Crippen LogP contribution is -2.28. The Morgan fingerprint density at radius 1 is 1.04 bits per heavy atom. The zero-order valence-electron chi connectivity index (χ0n) is 15.8. The van der Waals surface area contributed by atoms with Crippen molar-refractivity contribution in [2.75, 3.05) is 18.5 Å². The molecule has 0 bridgehead atoms. The van der Waals surface area contributed by atoms with Crippen LogP contribution in [0.15, 0.2) is 30.3 Å². The zero-order chi connectivity index (χ0) is 19.8. The van der Waals surface area contributed by atoms with Crippen LogP contribution in [-0.2, 0) is 9.59 Å². The fourth-order valence-corrected chi connectivity index (χ4v) is 3.47. The van der Waals surface area contributed by atoms with E-state index in [0.717, 1.165) is 9.75 Å². The summed E-state index contributed by atoms with van der Waals surface area (Å²) in [6, 6.07) is 8.62. The Morgan fingerprint density at radius 2 is 1.74 bits per heavy atom. The summed E-state index contributed by atoms with van der Waals surface area (Å²) >= 11 is 1.59. The Balaban J connectivity index is 1.79. The zero-order valence-corrected chi connectivity index (χ0v) is 16.6. The number of nitrogens with one attached hydrogen (secondary N) is 2. The van der Waals surface area contributed by atoms with Crippen LogP contribution >= 0.6 is 11.3 Å². The van der Waals surface area contributed by atoms with Gasteiger partial charge in [0.25, 0.3) is 5.91 Å². The average Bonchev–Trinajstić information content (AvgIpc) is 2.97. The van der Waals surface area contributed by atoms with E-state index in [9.17, 15) is 14.4 Å². The fraction of sp³-hybridized carbons (Fsp3) is 0.350. The van der Waals surface area contributed by atoms with Crippen molar-refractivity contribution in [3.63, 3.8) is 0 Å². The number of benzene rings is 1. The third-order valence-electron chi connectivity index (χ3n) is 3.80. The fourth-order valence-electron chi connectivity index (χ4n) is 2.52. The predicted octanol–water partition coefficient (Wildman–Crippen LogP) is 3.48. The van der Waals surface area contributed by atoms with Crippen molar-refractivity contribution < 1.29 is 19.1 Å². The monoisotopic (exact) mass is 388 g/mol. The number of ether oxygens (including phenoxy) is 1. The highest BCUT2D eigenvalue weighted by Gasteiger charge is 2.14. The molecule has 0 aliphatic rings. The second kappa shape index (κ2) is 9.87. The van der Waals surface area contributed by atoms with Crippen molar-refractivity contribution >= 4 is 34.6 Å². The molecule has 0 fully saturated rings. The molecule has 6 nitrogen and oxygen atoms in total. The van der Waals surface area contributed by atoms with Crippen molar-refractivity contribution in [3.8, 4) is 5.75 Å². The maximum Gasteiger partial charge on any atom is 0.257 e. The maximum atomic E-state index is 12.2. The van der Waals surface area contributed by atoms with E-state index in [-0.39, 0.29) is 37.0 Å². The van der Waals surface area contributed by atoms with Crippen LogP contribution in [0.4, 0.5) is 5.69 Å². The van der Waals surface area contributed by atoms with Crippen LogP contribution in [0.3, 0.4) is 0 Å². The first-order chi connectivity index (χ1) is 12.9. The summed E-state index contributed by atoms with van der Waals surface area (Å²) < 4.78 is 5.35. The standard InChI is InChI=1S/C20H24N2O4S/c1-4-21-20(25)12-26-16-7-5-15(6-8-16)22-19(24)10-9-18(23)17-11-13(2)27-14(17)3/h5-8,11H,4,9-10,12H2,1-3H3,(H,21,25)(H,22,24). The Labute approximate surface area is 162 Å². The van der Waals surface area contributed by atoms with Gasteiger partial charge in [-0.15, -0.1) is 11.3 Å². The summed E-state index contributed by atoms with van der Waals surface area (Å²) in [7, 11) is 0. The lowest BCUT2D eigenvalue weighted by molar-refractivity contribution is -0.123. The predicted molar refractivity (Wildman–Crippen MR) is 107 cm³/mol. The van der Waals surface area contributed by atoms with Gasteiger partial charge in [0.2, 0.25) is 5.91 Å². The van der Waals surface area contributed by atoms with Crippen LogP contribution in [0, 0.1) is 13.8 Å². The van der Waals surface area contributed by atoms with Gasteiger partial charge in [0.1, 0.15) is 5.75 Å². The van der Waals surface area contributed by atoms with E-state index in [0.29, 0.717) is 23.5 Å². The molecular weight excluding hydrogens is 364 g/mol. The van der Waals surface area contributed by atoms with Gasteiger partial charge in [0.15, 0.2) is 12.4 Å². The minimum Gasteiger partial charge on any atom is -0.484 e. The number of hydrogen-bond donors (Lipinski definition) is 2. The Kier molecular flexibility index (Phi) is 7.55. The topological polar surface area (TPSA) is 84.5 Å². The van der Waals surface area contributed by atoms with Gasteiger partial charge >= 0.3 is 0 Å². The number of rotatable bonds is 9. The SMILES string of the molecule is CCNC(=O)COc1ccc(NC(=O)CCC(=O)c2cc(C)sc2C)cc1. The maximum absolute atomic E-state index is 12.2. The van der Waals surface area contributed by atoms with Crippen molar-refractivity contribution in [2.45, 2.75) is 33.6 Å². The molecule has 1 heterocycles. The first kappa shape index (κ1) is 20.6. The molecular formula is C20H24N2O4S. The lowest BCUT2D eigenvalue weighted by atomic mass is 10.1. The molecule has 1 aromatic heterocycles. The van der Waals surface area contributed by atoms with Crippen LogP contribution in [0.2, 0.25) is 0 Å². The molecule has 0 radical (unpaired) electrons. The third kappa shape index (κ3) is 6.53. The van der Waals surface area contributed by atoms with Gasteiger partial charge < -0.3 is 15.4 Å². The van der Waals surface area contributed by atoms with E-state index in [1.54, 1.807) is 35.6 Å². The van der Waals surface area contributed by atoms with Crippen LogP contribution < -0.4 is 15.4 Å². The number of anilines is 1. The summed E-state index contributed by atoms with van der Waals surface area (Å²) in [5.74, 6) is 0.124. The third-order valence-corrected chi connectivity index (χ3v) is 4.77. The van der Waals surface area contributed by atoms with Crippen molar-refractivity contribution in [2.24, 2.45) is 0 Å². The molecule has 2 amide bonds. The number of aryl methyl sites for hydroxylation is 2. The Morgan fingerprint density at radius 3 is 2.33 bits per heavy atom. The average molecular weight is 388 g/mol. The molecule has 0 aliphatic carbocycles. The molecule has 27 heavy (non-hydrogen) atoms. The summed E-state index contributed by atoms with van der Waals surface area (Å²) in [6.45, 7) is 6.22. The molecule has 0 atom stereocenters. The van der Waals surface area contributed by atoms with Gasteiger partial charge in [-0.05, 0) is 51.1 Å². The molecule has 2 aromatic rings. The number of carbonyl (C=O) groups excluding carboxylic acids is 3. The molecule has 0 aliphatic heterocycles. The Bertz CT molecular complexity index is 812. The first-order valence-electron chi connectivity index (χ1n) is 8.78. The van der Waals surface area contributed by atoms with Crippen molar-refractivity contribution in [3.05, 3.63) is 45.6 Å². The van der Waals surface area contributed by atoms with Gasteiger partial charge in [0.05, 0.1) is 0 Å². The normalized spacial score (nSPS) is 10.3. The van der Waals surface area contributed by atoms with Crippen LogP contribution in [0.5, 0.6) is 5.75 Å². The van der Waals surface area contributed by atoms with E-state index in [4.69, 9.17) is 4.74 Å². The smallest absolute Gasteiger partial charge is 0.257 e. The summed E-state index contributed by atoms with van der Waals surface area (Å²) in [6.07, 6.45) is 0.305. The van der Waals surface area contributed by atoms with Gasteiger partial charge in [0, 0.05) is 40.4 Å². The Hall–Kier alpha value is -2.67. The van der Waals surface area contributed by atoms with E-state index >= 15 is 0 Å². The molecule has 0 saturated carbocycles. The van der Waals surface area contributed by atoms with Crippen molar-refractivity contribution in [1.82, 2.24) is 5.32 Å². The molecule has 2 N–H and O–H groups in total. The highest BCUT2D eigenvalue weighted by Crippen LogP contribution is 2.22. The van der Waals surface area contributed by atoms with Gasteiger partial charge in [-0.3, -0.25) is 14.4 Å². The summed E-state index contributed by atoms with van der Waals surface area (Å²) in [4.78, 5) is 37.7. The van der Waals surface area contributed by atoms with E-state index in [1.807, 2.05) is 26.8 Å². The molecule has 2 rings (SSSR count). The van der Waals surface area contributed by atoms with Crippen LogP contribution in [0.1, 0.15) is 39.9 Å². The quantitative estimate of drug-likeness (QED) is 0.644. The number of likely N-dealkylation sites (N-methyl/N-ethyl adjacent to an activating group) is 1. The molecule has 144 valence electrons. The second-order valence-electron chi connectivity index (χ2n) is 6.06. The molecule has 7 heteroatoms. The number of amides is 2. The van der Waals surface area contributed by atoms with Crippen molar-refractivity contribution in [1.29, 1.82) is 0 Å². The van der Waals surface area contributed by atoms with Crippen LogP contribution in [0.25, 0.3) is 0 Å². The largest absolute Gasteiger partial charge is 0.484 e. The number of thiophene rings is 1. The molecule has 1 aromatic carbocycles. The minimum atomic E-state index is -0.219. The van der Waals surface area contributed by atoms with Gasteiger partial charge in [-0.25, -0.2) is 0 Å². The number of ketones is 1. The van der Waals surface area contributed by atoms with E-state index in [1.165, 1.54) is 0 Å². The minimum absolute atomic E-state index is 0.0129. The van der Waals surface area contributed by atoms with Crippen LogP contribution in [-0.4, -0.2) is 30.7 Å². The highest BCUT2D eigenvalue weighted by molar-refractivity contribution is 7.12. The molecule has 0 saturated heterocycles. The molecule has 0 unspecified atom stereocenters. The molecule has 0 spiro atoms. The first-order valence-corrected chi connectivity index (χ1v) is 9.60. The number of Topliss-reactive ketones (excluding diaryl/α,β-unsaturated/α-hetero) is 1. The van der Waals surface area contributed by atoms with E-state index < -0.39 is 0 Å². The number of carbonyl (C=O) groups is 3. The summed E-state index contributed by atoms with van der Waals surface area (Å²) in [5.41, 5.74) is 1.32. The summed E-state index contributed by atoms with van der Waals surface area (Å²) in [5, 5.41) is 5.40.